The fraction of sp³-hybridized carbons (Fsp3) is 0.400. The van der Waals surface area contributed by atoms with Gasteiger partial charge in [0.1, 0.15) is 0 Å². The minimum absolute atomic E-state index is 0.559. The molecule has 0 spiro atoms. The van der Waals surface area contributed by atoms with Crippen LogP contribution in [0.15, 0.2) is 33.6 Å². The highest BCUT2D eigenvalue weighted by Gasteiger charge is 1.99. The van der Waals surface area contributed by atoms with Gasteiger partial charge in [-0.2, -0.15) is 0 Å². The Hall–Kier alpha value is 0.01000. The van der Waals surface area contributed by atoms with Crippen LogP contribution in [0.25, 0.3) is 0 Å². The Morgan fingerprint density at radius 1 is 1.54 bits per heavy atom. The first-order chi connectivity index (χ1) is 6.22. The Labute approximate surface area is 92.4 Å². The van der Waals surface area contributed by atoms with Gasteiger partial charge in [-0.25, -0.2) is 0 Å². The summed E-state index contributed by atoms with van der Waals surface area (Å²) in [6.45, 7) is 2.19. The maximum atomic E-state index is 3.46. The first-order valence-electron chi connectivity index (χ1n) is 4.28. The first-order valence-corrected chi connectivity index (χ1v) is 6.06. The van der Waals surface area contributed by atoms with Gasteiger partial charge in [-0.3, -0.25) is 0 Å². The van der Waals surface area contributed by atoms with Gasteiger partial charge in [0, 0.05) is 21.2 Å². The van der Waals surface area contributed by atoms with E-state index in [1.54, 1.807) is 0 Å². The lowest BCUT2D eigenvalue weighted by molar-refractivity contribution is 0.677. The van der Waals surface area contributed by atoms with Gasteiger partial charge in [0.25, 0.3) is 0 Å². The highest BCUT2D eigenvalue weighted by Crippen LogP contribution is 2.22. The van der Waals surface area contributed by atoms with Crippen molar-refractivity contribution >= 4 is 27.7 Å². The number of hydrogen-bond acceptors (Lipinski definition) is 2. The maximum absolute atomic E-state index is 3.46. The molecular formula is C10H14BrNS. The number of hydrogen-bond donors (Lipinski definition) is 1. The van der Waals surface area contributed by atoms with Crippen molar-refractivity contribution in [3.05, 3.63) is 28.7 Å². The van der Waals surface area contributed by atoms with Crippen LogP contribution >= 0.6 is 27.7 Å². The minimum atomic E-state index is 0.559. The van der Waals surface area contributed by atoms with Crippen LogP contribution in [0.2, 0.25) is 0 Å². The molecule has 0 aliphatic rings. The van der Waals surface area contributed by atoms with E-state index in [2.05, 4.69) is 46.4 Å². The molecule has 72 valence electrons. The second-order valence-electron chi connectivity index (χ2n) is 2.96. The largest absolute Gasteiger partial charge is 0.316 e. The summed E-state index contributed by atoms with van der Waals surface area (Å²) in [7, 11) is 1.99. The lowest BCUT2D eigenvalue weighted by Gasteiger charge is -2.09. The Balaban J connectivity index is 2.45. The topological polar surface area (TPSA) is 12.0 Å². The molecule has 0 aliphatic carbocycles. The fourth-order valence-electron chi connectivity index (χ4n) is 0.861. The van der Waals surface area contributed by atoms with Gasteiger partial charge in [-0.05, 0) is 32.2 Å². The zero-order chi connectivity index (χ0) is 9.68. The predicted octanol–water partition coefficient (Wildman–Crippen LogP) is 3.15. The molecule has 0 aromatic heterocycles. The van der Waals surface area contributed by atoms with Crippen LogP contribution < -0.4 is 5.32 Å². The molecule has 0 amide bonds. The molecule has 0 saturated heterocycles. The van der Waals surface area contributed by atoms with Crippen LogP contribution in [0.3, 0.4) is 0 Å². The molecule has 0 bridgehead atoms. The van der Waals surface area contributed by atoms with Crippen molar-refractivity contribution in [2.45, 2.75) is 17.9 Å². The number of rotatable bonds is 4. The van der Waals surface area contributed by atoms with Crippen LogP contribution in [0.4, 0.5) is 0 Å². The average Bonchev–Trinajstić information content (AvgIpc) is 2.14. The van der Waals surface area contributed by atoms with Gasteiger partial charge in [-0.15, -0.1) is 11.8 Å². The van der Waals surface area contributed by atoms with Gasteiger partial charge < -0.3 is 5.32 Å². The summed E-state index contributed by atoms with van der Waals surface area (Å²) >= 11 is 5.33. The summed E-state index contributed by atoms with van der Waals surface area (Å²) in [6, 6.07) is 8.95. The van der Waals surface area contributed by atoms with Crippen molar-refractivity contribution in [1.82, 2.24) is 5.32 Å². The van der Waals surface area contributed by atoms with E-state index in [4.69, 9.17) is 0 Å². The SMILES string of the molecule is CNC(C)CSc1cccc(Br)c1. The molecular weight excluding hydrogens is 246 g/mol. The summed E-state index contributed by atoms with van der Waals surface area (Å²) in [5.41, 5.74) is 0. The molecule has 1 N–H and O–H groups in total. The molecule has 0 fully saturated rings. The highest BCUT2D eigenvalue weighted by atomic mass is 79.9. The third-order valence-electron chi connectivity index (χ3n) is 1.79. The van der Waals surface area contributed by atoms with Gasteiger partial charge in [0.15, 0.2) is 0 Å². The van der Waals surface area contributed by atoms with Crippen LogP contribution in [-0.2, 0) is 0 Å². The minimum Gasteiger partial charge on any atom is -0.316 e. The van der Waals surface area contributed by atoms with Crippen LogP contribution in [-0.4, -0.2) is 18.8 Å². The first kappa shape index (κ1) is 11.1. The lowest BCUT2D eigenvalue weighted by atomic mass is 10.4. The van der Waals surface area contributed by atoms with Gasteiger partial charge in [0.05, 0.1) is 0 Å². The quantitative estimate of drug-likeness (QED) is 0.835. The van der Waals surface area contributed by atoms with Gasteiger partial charge in [0.2, 0.25) is 0 Å². The molecule has 1 unspecified atom stereocenters. The van der Waals surface area contributed by atoms with Crippen LogP contribution in [0.5, 0.6) is 0 Å². The zero-order valence-corrected chi connectivity index (χ0v) is 10.3. The third-order valence-corrected chi connectivity index (χ3v) is 3.54. The summed E-state index contributed by atoms with van der Waals surface area (Å²) in [4.78, 5) is 1.32. The van der Waals surface area contributed by atoms with Crippen molar-refractivity contribution in [2.24, 2.45) is 0 Å². The summed E-state index contributed by atoms with van der Waals surface area (Å²) in [5, 5.41) is 3.22. The highest BCUT2D eigenvalue weighted by molar-refractivity contribution is 9.10. The smallest absolute Gasteiger partial charge is 0.0186 e. The van der Waals surface area contributed by atoms with E-state index in [1.165, 1.54) is 4.90 Å². The molecule has 0 radical (unpaired) electrons. The van der Waals surface area contributed by atoms with E-state index in [0.717, 1.165) is 10.2 Å². The monoisotopic (exact) mass is 259 g/mol. The average molecular weight is 260 g/mol. The van der Waals surface area contributed by atoms with Crippen LogP contribution in [0.1, 0.15) is 6.92 Å². The van der Waals surface area contributed by atoms with E-state index >= 15 is 0 Å². The standard InChI is InChI=1S/C10H14BrNS/c1-8(12-2)7-13-10-5-3-4-9(11)6-10/h3-6,8,12H,7H2,1-2H3. The molecule has 1 atom stereocenters. The Morgan fingerprint density at radius 3 is 2.92 bits per heavy atom. The number of halogens is 1. The van der Waals surface area contributed by atoms with E-state index in [9.17, 15) is 0 Å². The van der Waals surface area contributed by atoms with E-state index < -0.39 is 0 Å². The zero-order valence-electron chi connectivity index (χ0n) is 7.88. The Kier molecular flexibility index (Phi) is 4.84. The van der Waals surface area contributed by atoms with Gasteiger partial charge in [-0.1, -0.05) is 22.0 Å². The van der Waals surface area contributed by atoms with Crippen molar-refractivity contribution in [2.75, 3.05) is 12.8 Å². The van der Waals surface area contributed by atoms with Crippen molar-refractivity contribution in [3.8, 4) is 0 Å². The maximum Gasteiger partial charge on any atom is 0.0186 e. The van der Waals surface area contributed by atoms with Crippen molar-refractivity contribution in [3.63, 3.8) is 0 Å². The molecule has 0 heterocycles. The summed E-state index contributed by atoms with van der Waals surface area (Å²) < 4.78 is 1.15. The molecule has 1 aromatic carbocycles. The Morgan fingerprint density at radius 2 is 2.31 bits per heavy atom. The molecule has 0 saturated carbocycles. The normalized spacial score (nSPS) is 12.8. The molecule has 13 heavy (non-hydrogen) atoms. The second kappa shape index (κ2) is 5.68. The van der Waals surface area contributed by atoms with Gasteiger partial charge >= 0.3 is 0 Å². The molecule has 0 aliphatic heterocycles. The summed E-state index contributed by atoms with van der Waals surface area (Å²) in [6.07, 6.45) is 0. The van der Waals surface area contributed by atoms with E-state index in [1.807, 2.05) is 24.9 Å². The fourth-order valence-corrected chi connectivity index (χ4v) is 2.41. The molecule has 1 rings (SSSR count). The van der Waals surface area contributed by atoms with Crippen molar-refractivity contribution < 1.29 is 0 Å². The van der Waals surface area contributed by atoms with E-state index in [0.29, 0.717) is 6.04 Å². The predicted molar refractivity (Wildman–Crippen MR) is 63.4 cm³/mol. The number of thioether (sulfide) groups is 1. The van der Waals surface area contributed by atoms with E-state index in [-0.39, 0.29) is 0 Å². The number of benzene rings is 1. The summed E-state index contributed by atoms with van der Waals surface area (Å²) in [5.74, 6) is 1.10. The van der Waals surface area contributed by atoms with Crippen LogP contribution in [0, 0.1) is 0 Å². The molecule has 1 nitrogen and oxygen atoms in total. The lowest BCUT2D eigenvalue weighted by Crippen LogP contribution is -2.23. The number of nitrogens with one attached hydrogen (secondary N) is 1. The Bertz CT molecular complexity index is 265. The molecule has 3 heteroatoms. The third kappa shape index (κ3) is 4.16. The van der Waals surface area contributed by atoms with Crippen molar-refractivity contribution in [1.29, 1.82) is 0 Å². The molecule has 1 aromatic rings. The second-order valence-corrected chi connectivity index (χ2v) is 4.97.